The summed E-state index contributed by atoms with van der Waals surface area (Å²) in [6.07, 6.45) is -0.287. The first-order valence-corrected chi connectivity index (χ1v) is 12.9. The van der Waals surface area contributed by atoms with Gasteiger partial charge < -0.3 is 5.32 Å². The van der Waals surface area contributed by atoms with Gasteiger partial charge in [-0.3, -0.25) is 14.4 Å². The van der Waals surface area contributed by atoms with Crippen LogP contribution >= 0.6 is 22.9 Å². The van der Waals surface area contributed by atoms with Crippen LogP contribution in [0, 0.1) is 0 Å². The zero-order valence-electron chi connectivity index (χ0n) is 18.0. The van der Waals surface area contributed by atoms with E-state index in [4.69, 9.17) is 11.6 Å². The molecule has 34 heavy (non-hydrogen) atoms. The fraction of sp³-hybridized carbons (Fsp3) is 0.174. The molecule has 1 aliphatic rings. The van der Waals surface area contributed by atoms with Gasteiger partial charge >= 0.3 is 0 Å². The molecule has 1 fully saturated rings. The highest BCUT2D eigenvalue weighted by atomic mass is 35.5. The number of carbonyl (C=O) groups is 3. The Kier molecular flexibility index (Phi) is 6.85. The standard InChI is InChI=1S/C23H20ClN3O5S2/c1-15(28)25-17-6-8-18(9-7-17)27-22(29)13-21(23(27)30)26(14-19-3-2-12-33-19)34(31,32)20-10-4-16(24)5-11-20/h2-12,21H,13-14H2,1H3,(H,25,28). The molecule has 0 aliphatic carbocycles. The molecule has 8 nitrogen and oxygen atoms in total. The lowest BCUT2D eigenvalue weighted by Crippen LogP contribution is -2.44. The number of halogens is 1. The first kappa shape index (κ1) is 24.1. The minimum Gasteiger partial charge on any atom is -0.326 e. The maximum atomic E-state index is 13.6. The topological polar surface area (TPSA) is 104 Å². The third kappa shape index (κ3) is 4.90. The summed E-state index contributed by atoms with van der Waals surface area (Å²) < 4.78 is 28.2. The quantitative estimate of drug-likeness (QED) is 0.479. The van der Waals surface area contributed by atoms with Crippen molar-refractivity contribution in [2.24, 2.45) is 0 Å². The van der Waals surface area contributed by atoms with Gasteiger partial charge in [-0.05, 0) is 60.0 Å². The van der Waals surface area contributed by atoms with Crippen molar-refractivity contribution in [3.63, 3.8) is 0 Å². The monoisotopic (exact) mass is 517 g/mol. The van der Waals surface area contributed by atoms with E-state index in [0.29, 0.717) is 16.4 Å². The molecule has 11 heteroatoms. The van der Waals surface area contributed by atoms with Gasteiger partial charge in [0.25, 0.3) is 5.91 Å². The normalized spacial score (nSPS) is 16.3. The van der Waals surface area contributed by atoms with E-state index in [1.165, 1.54) is 54.7 Å². The van der Waals surface area contributed by atoms with E-state index in [0.717, 1.165) is 14.1 Å². The molecule has 0 spiro atoms. The molecule has 3 aromatic rings. The number of amides is 3. The van der Waals surface area contributed by atoms with Gasteiger partial charge in [0, 0.05) is 29.1 Å². The maximum Gasteiger partial charge on any atom is 0.252 e. The summed E-state index contributed by atoms with van der Waals surface area (Å²) in [5, 5.41) is 4.81. The van der Waals surface area contributed by atoms with Crippen LogP contribution in [0.25, 0.3) is 0 Å². The Morgan fingerprint density at radius 2 is 1.79 bits per heavy atom. The average molecular weight is 518 g/mol. The molecule has 4 rings (SSSR count). The molecule has 1 aromatic heterocycles. The lowest BCUT2D eigenvalue weighted by molar-refractivity contribution is -0.122. The Morgan fingerprint density at radius 1 is 1.12 bits per heavy atom. The Labute approximate surface area is 205 Å². The molecule has 176 valence electrons. The summed E-state index contributed by atoms with van der Waals surface area (Å²) in [5.74, 6) is -1.39. The lowest BCUT2D eigenvalue weighted by Gasteiger charge is -2.26. The van der Waals surface area contributed by atoms with E-state index in [-0.39, 0.29) is 23.8 Å². The van der Waals surface area contributed by atoms with Crippen molar-refractivity contribution in [1.82, 2.24) is 4.31 Å². The van der Waals surface area contributed by atoms with Crippen molar-refractivity contribution in [2.75, 3.05) is 10.2 Å². The van der Waals surface area contributed by atoms with Crippen LogP contribution in [0.1, 0.15) is 18.2 Å². The molecule has 1 aliphatic heterocycles. The van der Waals surface area contributed by atoms with Crippen LogP contribution < -0.4 is 10.2 Å². The van der Waals surface area contributed by atoms with E-state index < -0.39 is 27.9 Å². The number of sulfonamides is 1. The Morgan fingerprint density at radius 3 is 2.38 bits per heavy atom. The van der Waals surface area contributed by atoms with Crippen LogP contribution in [0.3, 0.4) is 0 Å². The number of carbonyl (C=O) groups excluding carboxylic acids is 3. The summed E-state index contributed by atoms with van der Waals surface area (Å²) in [4.78, 5) is 39.2. The van der Waals surface area contributed by atoms with Crippen LogP contribution in [0.4, 0.5) is 11.4 Å². The van der Waals surface area contributed by atoms with Gasteiger partial charge in [-0.2, -0.15) is 4.31 Å². The second-order valence-corrected chi connectivity index (χ2v) is 11.0. The van der Waals surface area contributed by atoms with Gasteiger partial charge in [-0.1, -0.05) is 17.7 Å². The molecule has 0 bridgehead atoms. The summed E-state index contributed by atoms with van der Waals surface area (Å²) in [6, 6.07) is 14.2. The second-order valence-electron chi connectivity index (χ2n) is 7.60. The lowest BCUT2D eigenvalue weighted by atomic mass is 10.2. The highest BCUT2D eigenvalue weighted by Crippen LogP contribution is 2.32. The van der Waals surface area contributed by atoms with Crippen molar-refractivity contribution in [3.05, 3.63) is 75.9 Å². The zero-order valence-corrected chi connectivity index (χ0v) is 20.4. The predicted molar refractivity (Wildman–Crippen MR) is 130 cm³/mol. The number of hydrogen-bond acceptors (Lipinski definition) is 6. The minimum absolute atomic E-state index is 0.0215. The number of rotatable bonds is 7. The van der Waals surface area contributed by atoms with Crippen LogP contribution in [-0.4, -0.2) is 36.5 Å². The van der Waals surface area contributed by atoms with Crippen LogP contribution in [0.2, 0.25) is 5.02 Å². The summed E-state index contributed by atoms with van der Waals surface area (Å²) in [5.41, 5.74) is 0.808. The molecule has 1 atom stereocenters. The van der Waals surface area contributed by atoms with Crippen LogP contribution in [-0.2, 0) is 31.0 Å². The maximum absolute atomic E-state index is 13.6. The molecule has 1 saturated heterocycles. The average Bonchev–Trinajstić information content (AvgIpc) is 3.40. The van der Waals surface area contributed by atoms with Crippen LogP contribution in [0.15, 0.2) is 70.9 Å². The fourth-order valence-electron chi connectivity index (χ4n) is 3.67. The van der Waals surface area contributed by atoms with Crippen molar-refractivity contribution in [1.29, 1.82) is 0 Å². The first-order chi connectivity index (χ1) is 16.2. The summed E-state index contributed by atoms with van der Waals surface area (Å²) in [6.45, 7) is 1.32. The third-order valence-corrected chi connectivity index (χ3v) is 8.21. The highest BCUT2D eigenvalue weighted by Gasteiger charge is 2.47. The van der Waals surface area contributed by atoms with Gasteiger partial charge in [0.05, 0.1) is 17.0 Å². The second kappa shape index (κ2) is 9.67. The fourth-order valence-corrected chi connectivity index (χ4v) is 6.14. The van der Waals surface area contributed by atoms with E-state index in [1.807, 2.05) is 5.38 Å². The van der Waals surface area contributed by atoms with Crippen molar-refractivity contribution in [2.45, 2.75) is 30.8 Å². The Hall–Kier alpha value is -3.05. The Bertz CT molecular complexity index is 1320. The molecule has 1 N–H and O–H groups in total. The van der Waals surface area contributed by atoms with E-state index in [1.54, 1.807) is 24.3 Å². The first-order valence-electron chi connectivity index (χ1n) is 10.2. The molecule has 3 amide bonds. The Balaban J connectivity index is 1.68. The molecule has 0 radical (unpaired) electrons. The van der Waals surface area contributed by atoms with E-state index in [2.05, 4.69) is 5.32 Å². The molecule has 0 saturated carbocycles. The van der Waals surface area contributed by atoms with Gasteiger partial charge in [-0.15, -0.1) is 11.3 Å². The SMILES string of the molecule is CC(=O)Nc1ccc(N2C(=O)CC(N(Cc3cccs3)S(=O)(=O)c3ccc(Cl)cc3)C2=O)cc1. The predicted octanol–water partition coefficient (Wildman–Crippen LogP) is 3.88. The number of nitrogens with one attached hydrogen (secondary N) is 1. The van der Waals surface area contributed by atoms with Crippen molar-refractivity contribution >= 4 is 62.1 Å². The number of imide groups is 1. The number of hydrogen-bond donors (Lipinski definition) is 1. The minimum atomic E-state index is -4.13. The third-order valence-electron chi connectivity index (χ3n) is 5.23. The molecule has 2 aromatic carbocycles. The molecule has 1 unspecified atom stereocenters. The molecular weight excluding hydrogens is 498 g/mol. The number of thiophene rings is 1. The highest BCUT2D eigenvalue weighted by molar-refractivity contribution is 7.89. The van der Waals surface area contributed by atoms with Gasteiger partial charge in [0.2, 0.25) is 21.8 Å². The van der Waals surface area contributed by atoms with Crippen molar-refractivity contribution < 1.29 is 22.8 Å². The smallest absolute Gasteiger partial charge is 0.252 e. The molecule has 2 heterocycles. The number of benzene rings is 2. The van der Waals surface area contributed by atoms with Gasteiger partial charge in [0.1, 0.15) is 6.04 Å². The van der Waals surface area contributed by atoms with Crippen LogP contribution in [0.5, 0.6) is 0 Å². The number of nitrogens with zero attached hydrogens (tertiary/aromatic N) is 2. The van der Waals surface area contributed by atoms with E-state index >= 15 is 0 Å². The number of anilines is 2. The van der Waals surface area contributed by atoms with Gasteiger partial charge in [-0.25, -0.2) is 13.3 Å². The molecular formula is C23H20ClN3O5S2. The van der Waals surface area contributed by atoms with E-state index in [9.17, 15) is 22.8 Å². The van der Waals surface area contributed by atoms with Gasteiger partial charge in [0.15, 0.2) is 0 Å². The van der Waals surface area contributed by atoms with Crippen molar-refractivity contribution in [3.8, 4) is 0 Å². The summed E-state index contributed by atoms with van der Waals surface area (Å²) >= 11 is 7.27. The zero-order chi connectivity index (χ0) is 24.5. The largest absolute Gasteiger partial charge is 0.326 e. The summed E-state index contributed by atoms with van der Waals surface area (Å²) in [7, 11) is -4.13.